The number of aromatic nitrogens is 2. The molecule has 0 spiro atoms. The molecule has 2 rings (SSSR count). The van der Waals surface area contributed by atoms with E-state index in [1.807, 2.05) is 14.0 Å². The summed E-state index contributed by atoms with van der Waals surface area (Å²) in [6.45, 7) is 10.8. The summed E-state index contributed by atoms with van der Waals surface area (Å²) in [6, 6.07) is 0.570. The van der Waals surface area contributed by atoms with Crippen LogP contribution in [0.25, 0.3) is 0 Å². The Morgan fingerprint density at radius 1 is 1.45 bits per heavy atom. The molecule has 0 amide bonds. The summed E-state index contributed by atoms with van der Waals surface area (Å²) in [7, 11) is 1.91. The molecule has 1 atom stereocenters. The van der Waals surface area contributed by atoms with Crippen LogP contribution in [0.3, 0.4) is 0 Å². The zero-order valence-electron chi connectivity index (χ0n) is 13.1. The van der Waals surface area contributed by atoms with E-state index in [9.17, 15) is 0 Å². The number of hydrogen-bond acceptors (Lipinski definition) is 3. The average Bonchev–Trinajstić information content (AvgIpc) is 2.64. The van der Waals surface area contributed by atoms with E-state index in [0.29, 0.717) is 6.04 Å². The van der Waals surface area contributed by atoms with Gasteiger partial charge in [0.15, 0.2) is 0 Å². The molecule has 1 N–H and O–H groups in total. The Morgan fingerprint density at radius 3 is 2.80 bits per heavy atom. The molecule has 5 heteroatoms. The van der Waals surface area contributed by atoms with E-state index >= 15 is 0 Å². The molecule has 20 heavy (non-hydrogen) atoms. The highest BCUT2D eigenvalue weighted by Gasteiger charge is 2.22. The lowest BCUT2D eigenvalue weighted by Gasteiger charge is -2.33. The van der Waals surface area contributed by atoms with Crippen molar-refractivity contribution < 1.29 is 0 Å². The molecule has 1 aromatic rings. The fraction of sp³-hybridized carbons (Fsp3) is 0.800. The molecule has 1 aliphatic rings. The van der Waals surface area contributed by atoms with Crippen LogP contribution >= 0.6 is 11.6 Å². The van der Waals surface area contributed by atoms with Gasteiger partial charge in [-0.3, -0.25) is 9.58 Å². The largest absolute Gasteiger partial charge is 0.314 e. The molecular weight excluding hydrogens is 272 g/mol. The monoisotopic (exact) mass is 298 g/mol. The predicted octanol–water partition coefficient (Wildman–Crippen LogP) is 2.59. The number of rotatable bonds is 5. The van der Waals surface area contributed by atoms with Gasteiger partial charge in [-0.25, -0.2) is 0 Å². The molecular formula is C15H27ClN4. The summed E-state index contributed by atoms with van der Waals surface area (Å²) < 4.78 is 1.77. The van der Waals surface area contributed by atoms with E-state index in [-0.39, 0.29) is 0 Å². The molecule has 4 nitrogen and oxygen atoms in total. The summed E-state index contributed by atoms with van der Waals surface area (Å²) in [5.74, 6) is 0.752. The van der Waals surface area contributed by atoms with Crippen molar-refractivity contribution >= 4 is 11.6 Å². The number of aryl methyl sites for hydroxylation is 2. The normalized spacial score (nSPS) is 20.8. The molecule has 1 fully saturated rings. The van der Waals surface area contributed by atoms with Gasteiger partial charge in [-0.05, 0) is 38.8 Å². The van der Waals surface area contributed by atoms with E-state index in [4.69, 9.17) is 11.6 Å². The first-order valence-corrected chi connectivity index (χ1v) is 7.99. The first-order valence-electron chi connectivity index (χ1n) is 7.61. The van der Waals surface area contributed by atoms with E-state index in [1.165, 1.54) is 24.9 Å². The van der Waals surface area contributed by atoms with Crippen LogP contribution in [0.1, 0.15) is 37.9 Å². The van der Waals surface area contributed by atoms with Gasteiger partial charge in [0.2, 0.25) is 0 Å². The van der Waals surface area contributed by atoms with E-state index in [0.717, 1.165) is 36.4 Å². The maximum atomic E-state index is 6.33. The number of hydrogen-bond donors (Lipinski definition) is 1. The molecule has 0 bridgehead atoms. The second kappa shape index (κ2) is 6.92. The summed E-state index contributed by atoms with van der Waals surface area (Å²) in [6.07, 6.45) is 2.61. The summed E-state index contributed by atoms with van der Waals surface area (Å²) in [5.41, 5.74) is 2.24. The molecule has 1 saturated heterocycles. The molecule has 0 aromatic carbocycles. The molecule has 1 unspecified atom stereocenters. The highest BCUT2D eigenvalue weighted by atomic mass is 35.5. The Balaban J connectivity index is 1.92. The van der Waals surface area contributed by atoms with Crippen LogP contribution in [0.2, 0.25) is 5.15 Å². The van der Waals surface area contributed by atoms with Crippen molar-refractivity contribution in [1.82, 2.24) is 20.0 Å². The van der Waals surface area contributed by atoms with Crippen LogP contribution in [0.5, 0.6) is 0 Å². The molecule has 0 radical (unpaired) electrons. The summed E-state index contributed by atoms with van der Waals surface area (Å²) >= 11 is 6.33. The average molecular weight is 299 g/mol. The van der Waals surface area contributed by atoms with Crippen LogP contribution < -0.4 is 5.32 Å². The molecule has 1 aromatic heterocycles. The molecule has 2 heterocycles. The fourth-order valence-electron chi connectivity index (χ4n) is 2.94. The van der Waals surface area contributed by atoms with Gasteiger partial charge >= 0.3 is 0 Å². The third kappa shape index (κ3) is 3.96. The Kier molecular flexibility index (Phi) is 5.47. The topological polar surface area (TPSA) is 33.1 Å². The second-order valence-electron chi connectivity index (χ2n) is 6.28. The van der Waals surface area contributed by atoms with Crippen molar-refractivity contribution in [3.63, 3.8) is 0 Å². The highest BCUT2D eigenvalue weighted by Crippen LogP contribution is 2.24. The Labute approximate surface area is 127 Å². The zero-order chi connectivity index (χ0) is 14.7. The maximum Gasteiger partial charge on any atom is 0.131 e. The Hall–Kier alpha value is -0.580. The number of nitrogens with zero attached hydrogens (tertiary/aromatic N) is 3. The van der Waals surface area contributed by atoms with Crippen molar-refractivity contribution in [3.05, 3.63) is 16.4 Å². The minimum absolute atomic E-state index is 0.570. The fourth-order valence-corrected chi connectivity index (χ4v) is 3.18. The SMILES string of the molecule is Cc1nn(C)c(Cl)c1CN1CCCC(CNC(C)C)C1. The van der Waals surface area contributed by atoms with Gasteiger partial charge in [0, 0.05) is 31.7 Å². The second-order valence-corrected chi connectivity index (χ2v) is 6.64. The quantitative estimate of drug-likeness (QED) is 0.907. The van der Waals surface area contributed by atoms with Crippen molar-refractivity contribution in [2.75, 3.05) is 19.6 Å². The number of nitrogens with one attached hydrogen (secondary N) is 1. The lowest BCUT2D eigenvalue weighted by atomic mass is 9.97. The van der Waals surface area contributed by atoms with E-state index in [2.05, 4.69) is 29.2 Å². The summed E-state index contributed by atoms with van der Waals surface area (Å²) in [5, 5.41) is 8.74. The zero-order valence-corrected chi connectivity index (χ0v) is 13.9. The molecule has 0 aliphatic carbocycles. The molecule has 114 valence electrons. The van der Waals surface area contributed by atoms with E-state index in [1.54, 1.807) is 4.68 Å². The highest BCUT2D eigenvalue weighted by molar-refractivity contribution is 6.30. The Morgan fingerprint density at radius 2 is 2.20 bits per heavy atom. The van der Waals surface area contributed by atoms with E-state index < -0.39 is 0 Å². The van der Waals surface area contributed by atoms with Gasteiger partial charge in [-0.1, -0.05) is 25.4 Å². The van der Waals surface area contributed by atoms with Crippen LogP contribution in [-0.4, -0.2) is 40.4 Å². The van der Waals surface area contributed by atoms with Crippen LogP contribution in [-0.2, 0) is 13.6 Å². The van der Waals surface area contributed by atoms with Crippen molar-refractivity contribution in [3.8, 4) is 0 Å². The summed E-state index contributed by atoms with van der Waals surface area (Å²) in [4.78, 5) is 2.52. The predicted molar refractivity (Wildman–Crippen MR) is 84.1 cm³/mol. The third-order valence-electron chi connectivity index (χ3n) is 4.07. The van der Waals surface area contributed by atoms with Crippen molar-refractivity contribution in [1.29, 1.82) is 0 Å². The lowest BCUT2D eigenvalue weighted by Crippen LogP contribution is -2.40. The van der Waals surface area contributed by atoms with Crippen molar-refractivity contribution in [2.45, 2.75) is 46.2 Å². The van der Waals surface area contributed by atoms with Crippen molar-refractivity contribution in [2.24, 2.45) is 13.0 Å². The van der Waals surface area contributed by atoms with Gasteiger partial charge in [-0.2, -0.15) is 5.10 Å². The van der Waals surface area contributed by atoms with Gasteiger partial charge in [-0.15, -0.1) is 0 Å². The molecule has 1 aliphatic heterocycles. The lowest BCUT2D eigenvalue weighted by molar-refractivity contribution is 0.163. The van der Waals surface area contributed by atoms with Gasteiger partial charge in [0.1, 0.15) is 5.15 Å². The van der Waals surface area contributed by atoms with Gasteiger partial charge < -0.3 is 5.32 Å². The smallest absolute Gasteiger partial charge is 0.131 e. The number of halogens is 1. The van der Waals surface area contributed by atoms with Crippen LogP contribution in [0.4, 0.5) is 0 Å². The number of piperidine rings is 1. The molecule has 0 saturated carbocycles. The number of likely N-dealkylation sites (tertiary alicyclic amines) is 1. The Bertz CT molecular complexity index is 441. The minimum atomic E-state index is 0.570. The van der Waals surface area contributed by atoms with Gasteiger partial charge in [0.25, 0.3) is 0 Å². The van der Waals surface area contributed by atoms with Crippen LogP contribution in [0.15, 0.2) is 0 Å². The standard InChI is InChI=1S/C15H27ClN4/c1-11(2)17-8-13-6-5-7-20(9-13)10-14-12(3)18-19(4)15(14)16/h11,13,17H,5-10H2,1-4H3. The first-order chi connectivity index (χ1) is 9.47. The third-order valence-corrected chi connectivity index (χ3v) is 4.54. The van der Waals surface area contributed by atoms with Crippen LogP contribution in [0, 0.1) is 12.8 Å². The first kappa shape index (κ1) is 15.8. The van der Waals surface area contributed by atoms with Gasteiger partial charge in [0.05, 0.1) is 5.69 Å². The maximum absolute atomic E-state index is 6.33. The minimum Gasteiger partial charge on any atom is -0.314 e.